The first-order valence-corrected chi connectivity index (χ1v) is 9.68. The van der Waals surface area contributed by atoms with Crippen molar-refractivity contribution in [2.24, 2.45) is 0 Å². The molecule has 0 spiro atoms. The third-order valence-electron chi connectivity index (χ3n) is 5.75. The van der Waals surface area contributed by atoms with Crippen LogP contribution >= 0.6 is 12.4 Å². The van der Waals surface area contributed by atoms with Gasteiger partial charge < -0.3 is 15.2 Å². The minimum absolute atomic E-state index is 0. The molecule has 1 unspecified atom stereocenters. The average molecular weight is 398 g/mol. The normalized spacial score (nSPS) is 16.8. The van der Waals surface area contributed by atoms with Gasteiger partial charge in [-0.1, -0.05) is 42.5 Å². The van der Waals surface area contributed by atoms with Crippen molar-refractivity contribution in [3.63, 3.8) is 0 Å². The van der Waals surface area contributed by atoms with Gasteiger partial charge in [-0.05, 0) is 43.0 Å². The van der Waals surface area contributed by atoms with E-state index >= 15 is 0 Å². The minimum Gasteiger partial charge on any atom is -0.358 e. The van der Waals surface area contributed by atoms with Gasteiger partial charge in [-0.2, -0.15) is 0 Å². The second kappa shape index (κ2) is 8.38. The third-order valence-corrected chi connectivity index (χ3v) is 5.75. The quantitative estimate of drug-likeness (QED) is 0.694. The molecule has 4 rings (SSSR count). The number of rotatable bonds is 3. The van der Waals surface area contributed by atoms with Gasteiger partial charge in [0.05, 0.1) is 6.42 Å². The Morgan fingerprint density at radius 2 is 1.79 bits per heavy atom. The highest BCUT2D eigenvalue weighted by Crippen LogP contribution is 2.29. The molecule has 1 aliphatic rings. The number of carbonyl (C=O) groups is 1. The van der Waals surface area contributed by atoms with E-state index in [1.54, 1.807) is 0 Å². The molecule has 2 heterocycles. The lowest BCUT2D eigenvalue weighted by molar-refractivity contribution is -0.131. The molecule has 0 radical (unpaired) electrons. The molecule has 0 saturated carbocycles. The van der Waals surface area contributed by atoms with E-state index in [4.69, 9.17) is 0 Å². The number of piperazine rings is 1. The summed E-state index contributed by atoms with van der Waals surface area (Å²) in [7, 11) is 0. The van der Waals surface area contributed by atoms with Gasteiger partial charge in [0.1, 0.15) is 0 Å². The SMILES string of the molecule is Cc1[nH]c2c(C)ccc(C)c2c1CC(=O)N1CCNC(c2ccccc2)C1.Cl. The number of halogens is 1. The van der Waals surface area contributed by atoms with Crippen molar-refractivity contribution in [2.75, 3.05) is 19.6 Å². The summed E-state index contributed by atoms with van der Waals surface area (Å²) in [6.45, 7) is 8.63. The predicted molar refractivity (Wildman–Crippen MR) is 117 cm³/mol. The fourth-order valence-corrected chi connectivity index (χ4v) is 4.18. The maximum Gasteiger partial charge on any atom is 0.227 e. The van der Waals surface area contributed by atoms with Gasteiger partial charge in [0.25, 0.3) is 0 Å². The zero-order valence-electron chi connectivity index (χ0n) is 16.7. The van der Waals surface area contributed by atoms with Crippen LogP contribution in [0.2, 0.25) is 0 Å². The van der Waals surface area contributed by atoms with Gasteiger partial charge in [0.2, 0.25) is 5.91 Å². The van der Waals surface area contributed by atoms with E-state index in [0.29, 0.717) is 6.42 Å². The number of aromatic amines is 1. The molecule has 1 aliphatic heterocycles. The molecule has 28 heavy (non-hydrogen) atoms. The molecule has 1 atom stereocenters. The Kier molecular flexibility index (Phi) is 6.11. The smallest absolute Gasteiger partial charge is 0.227 e. The highest BCUT2D eigenvalue weighted by molar-refractivity contribution is 5.94. The first-order valence-electron chi connectivity index (χ1n) is 9.68. The Balaban J connectivity index is 0.00000225. The van der Waals surface area contributed by atoms with Crippen LogP contribution in [0.15, 0.2) is 42.5 Å². The molecular formula is C23H28ClN3O. The van der Waals surface area contributed by atoms with Gasteiger partial charge >= 0.3 is 0 Å². The van der Waals surface area contributed by atoms with Crippen LogP contribution < -0.4 is 5.32 Å². The number of H-pyrrole nitrogens is 1. The highest BCUT2D eigenvalue weighted by Gasteiger charge is 2.25. The van der Waals surface area contributed by atoms with Crippen molar-refractivity contribution in [1.82, 2.24) is 15.2 Å². The van der Waals surface area contributed by atoms with E-state index in [1.807, 2.05) is 11.0 Å². The number of nitrogens with zero attached hydrogens (tertiary/aromatic N) is 1. The van der Waals surface area contributed by atoms with Crippen molar-refractivity contribution in [3.8, 4) is 0 Å². The number of aryl methyl sites for hydroxylation is 3. The maximum absolute atomic E-state index is 13.1. The fraction of sp³-hybridized carbons (Fsp3) is 0.348. The van der Waals surface area contributed by atoms with Crippen LogP contribution in [0.1, 0.15) is 34.0 Å². The summed E-state index contributed by atoms with van der Waals surface area (Å²) >= 11 is 0. The van der Waals surface area contributed by atoms with E-state index in [-0.39, 0.29) is 24.4 Å². The second-order valence-electron chi connectivity index (χ2n) is 7.61. The van der Waals surface area contributed by atoms with E-state index in [1.165, 1.54) is 22.1 Å². The third kappa shape index (κ3) is 3.80. The monoisotopic (exact) mass is 397 g/mol. The Morgan fingerprint density at radius 1 is 1.07 bits per heavy atom. The molecule has 2 N–H and O–H groups in total. The largest absolute Gasteiger partial charge is 0.358 e. The first kappa shape index (κ1) is 20.4. The molecule has 4 nitrogen and oxygen atoms in total. The zero-order valence-corrected chi connectivity index (χ0v) is 17.5. The van der Waals surface area contributed by atoms with Crippen LogP contribution in [-0.4, -0.2) is 35.4 Å². The molecule has 1 amide bonds. The van der Waals surface area contributed by atoms with Crippen molar-refractivity contribution in [1.29, 1.82) is 0 Å². The van der Waals surface area contributed by atoms with Crippen molar-refractivity contribution in [2.45, 2.75) is 33.2 Å². The average Bonchev–Trinajstić information content (AvgIpc) is 3.03. The van der Waals surface area contributed by atoms with E-state index in [2.05, 4.69) is 67.5 Å². The molecule has 2 aromatic carbocycles. The fourth-order valence-electron chi connectivity index (χ4n) is 4.18. The minimum atomic E-state index is 0. The number of nitrogens with one attached hydrogen (secondary N) is 2. The molecule has 1 fully saturated rings. The number of aromatic nitrogens is 1. The Labute approximate surface area is 172 Å². The van der Waals surface area contributed by atoms with Crippen LogP contribution in [-0.2, 0) is 11.2 Å². The standard InChI is InChI=1S/C23H27N3O.ClH/c1-15-9-10-16(2)23-22(15)19(17(3)25-23)13-21(27)26-12-11-24-20(14-26)18-7-5-4-6-8-18;/h4-10,20,24-25H,11-14H2,1-3H3;1H. The van der Waals surface area contributed by atoms with Crippen molar-refractivity contribution >= 4 is 29.2 Å². The van der Waals surface area contributed by atoms with Gasteiger partial charge in [-0.15, -0.1) is 12.4 Å². The summed E-state index contributed by atoms with van der Waals surface area (Å²) in [5, 5.41) is 4.75. The molecule has 148 valence electrons. The van der Waals surface area contributed by atoms with Gasteiger partial charge in [-0.25, -0.2) is 0 Å². The Hall–Kier alpha value is -2.30. The maximum atomic E-state index is 13.1. The number of benzene rings is 2. The van der Waals surface area contributed by atoms with E-state index in [0.717, 1.165) is 36.4 Å². The topological polar surface area (TPSA) is 48.1 Å². The molecule has 0 aliphatic carbocycles. The zero-order chi connectivity index (χ0) is 19.0. The Morgan fingerprint density at radius 3 is 2.54 bits per heavy atom. The van der Waals surface area contributed by atoms with Gasteiger partial charge in [-0.3, -0.25) is 4.79 Å². The summed E-state index contributed by atoms with van der Waals surface area (Å²) in [5.74, 6) is 0.210. The number of hydrogen-bond acceptors (Lipinski definition) is 2. The predicted octanol–water partition coefficient (Wildman–Crippen LogP) is 4.23. The van der Waals surface area contributed by atoms with Crippen molar-refractivity contribution < 1.29 is 4.79 Å². The summed E-state index contributed by atoms with van der Waals surface area (Å²) in [4.78, 5) is 18.6. The highest BCUT2D eigenvalue weighted by atomic mass is 35.5. The number of carbonyl (C=O) groups excluding carboxylic acids is 1. The number of fused-ring (bicyclic) bond motifs is 1. The first-order chi connectivity index (χ1) is 13.0. The lowest BCUT2D eigenvalue weighted by Crippen LogP contribution is -2.48. The van der Waals surface area contributed by atoms with Gasteiger partial charge in [0, 0.05) is 42.3 Å². The van der Waals surface area contributed by atoms with Crippen LogP contribution in [0.3, 0.4) is 0 Å². The van der Waals surface area contributed by atoms with Crippen molar-refractivity contribution in [3.05, 3.63) is 70.4 Å². The van der Waals surface area contributed by atoms with E-state index in [9.17, 15) is 4.79 Å². The summed E-state index contributed by atoms with van der Waals surface area (Å²) < 4.78 is 0. The summed E-state index contributed by atoms with van der Waals surface area (Å²) in [6, 6.07) is 14.9. The second-order valence-corrected chi connectivity index (χ2v) is 7.61. The number of amides is 1. The molecule has 1 aromatic heterocycles. The molecular weight excluding hydrogens is 370 g/mol. The van der Waals surface area contributed by atoms with Crippen LogP contribution in [0.5, 0.6) is 0 Å². The van der Waals surface area contributed by atoms with E-state index < -0.39 is 0 Å². The molecule has 5 heteroatoms. The van der Waals surface area contributed by atoms with Crippen LogP contribution in [0.4, 0.5) is 0 Å². The lowest BCUT2D eigenvalue weighted by Gasteiger charge is -2.34. The van der Waals surface area contributed by atoms with Gasteiger partial charge in [0.15, 0.2) is 0 Å². The number of hydrogen-bond donors (Lipinski definition) is 2. The molecule has 3 aromatic rings. The molecule has 0 bridgehead atoms. The summed E-state index contributed by atoms with van der Waals surface area (Å²) in [6.07, 6.45) is 0.456. The molecule has 1 saturated heterocycles. The summed E-state index contributed by atoms with van der Waals surface area (Å²) in [5.41, 5.74) is 7.10. The lowest BCUT2D eigenvalue weighted by atomic mass is 10.00. The van der Waals surface area contributed by atoms with Crippen LogP contribution in [0.25, 0.3) is 10.9 Å². The Bertz CT molecular complexity index is 980. The van der Waals surface area contributed by atoms with Crippen LogP contribution in [0, 0.1) is 20.8 Å².